The molecule has 0 aliphatic heterocycles. The van der Waals surface area contributed by atoms with E-state index < -0.39 is 0 Å². The van der Waals surface area contributed by atoms with Crippen LogP contribution in [-0.2, 0) is 6.54 Å². The fourth-order valence-corrected chi connectivity index (χ4v) is 2.48. The molecule has 4 heteroatoms. The molecular formula is C12H19BrN2O. The van der Waals surface area contributed by atoms with E-state index in [9.17, 15) is 4.79 Å². The quantitative estimate of drug-likeness (QED) is 0.812. The molecule has 0 amide bonds. The van der Waals surface area contributed by atoms with Crippen LogP contribution in [0.4, 0.5) is 0 Å². The zero-order valence-electron chi connectivity index (χ0n) is 9.87. The van der Waals surface area contributed by atoms with Crippen LogP contribution in [0, 0.1) is 0 Å². The van der Waals surface area contributed by atoms with Crippen molar-refractivity contribution in [1.29, 1.82) is 0 Å². The van der Waals surface area contributed by atoms with Crippen molar-refractivity contribution < 1.29 is 0 Å². The standard InChI is InChI=1S/C12H19BrN2O/c1-12(2,6-7-13)14-8-10-15-9-4-3-5-11(15)16/h3-5,9,14H,6-8,10H2,1-2H3. The average Bonchev–Trinajstić information content (AvgIpc) is 2.20. The summed E-state index contributed by atoms with van der Waals surface area (Å²) >= 11 is 3.44. The summed E-state index contributed by atoms with van der Waals surface area (Å²) in [7, 11) is 0. The van der Waals surface area contributed by atoms with Crippen LogP contribution in [0.5, 0.6) is 0 Å². The van der Waals surface area contributed by atoms with Crippen LogP contribution in [0.15, 0.2) is 29.2 Å². The van der Waals surface area contributed by atoms with Gasteiger partial charge in [-0.05, 0) is 26.3 Å². The third-order valence-corrected chi connectivity index (χ3v) is 2.97. The number of alkyl halides is 1. The van der Waals surface area contributed by atoms with Gasteiger partial charge in [-0.25, -0.2) is 0 Å². The molecule has 0 spiro atoms. The summed E-state index contributed by atoms with van der Waals surface area (Å²) in [6.07, 6.45) is 2.89. The van der Waals surface area contributed by atoms with Crippen molar-refractivity contribution in [3.8, 4) is 0 Å². The van der Waals surface area contributed by atoms with Gasteiger partial charge in [-0.3, -0.25) is 4.79 Å². The highest BCUT2D eigenvalue weighted by Crippen LogP contribution is 2.09. The van der Waals surface area contributed by atoms with E-state index in [4.69, 9.17) is 0 Å². The van der Waals surface area contributed by atoms with Crippen LogP contribution in [0.1, 0.15) is 20.3 Å². The van der Waals surface area contributed by atoms with Crippen molar-refractivity contribution in [3.05, 3.63) is 34.7 Å². The Labute approximate surface area is 105 Å². The Morgan fingerprint density at radius 3 is 2.81 bits per heavy atom. The van der Waals surface area contributed by atoms with E-state index >= 15 is 0 Å². The predicted octanol–water partition coefficient (Wildman–Crippen LogP) is 2.00. The molecule has 0 aliphatic rings. The topological polar surface area (TPSA) is 34.0 Å². The number of hydrogen-bond acceptors (Lipinski definition) is 2. The Morgan fingerprint density at radius 1 is 1.44 bits per heavy atom. The second-order valence-corrected chi connectivity index (χ2v) is 5.27. The maximum Gasteiger partial charge on any atom is 0.250 e. The Bertz CT molecular complexity index is 373. The number of hydrogen-bond donors (Lipinski definition) is 1. The highest BCUT2D eigenvalue weighted by Gasteiger charge is 2.14. The van der Waals surface area contributed by atoms with E-state index in [0.717, 1.165) is 18.3 Å². The monoisotopic (exact) mass is 286 g/mol. The number of nitrogens with zero attached hydrogens (tertiary/aromatic N) is 1. The van der Waals surface area contributed by atoms with E-state index in [-0.39, 0.29) is 11.1 Å². The minimum Gasteiger partial charge on any atom is -0.314 e. The van der Waals surface area contributed by atoms with Gasteiger partial charge in [0.1, 0.15) is 0 Å². The van der Waals surface area contributed by atoms with Gasteiger partial charge < -0.3 is 9.88 Å². The summed E-state index contributed by atoms with van der Waals surface area (Å²) in [5.74, 6) is 0. The molecule has 0 bridgehead atoms. The minimum absolute atomic E-state index is 0.0580. The lowest BCUT2D eigenvalue weighted by Gasteiger charge is -2.25. The van der Waals surface area contributed by atoms with Gasteiger partial charge in [-0.2, -0.15) is 0 Å². The van der Waals surface area contributed by atoms with Gasteiger partial charge in [0.2, 0.25) is 0 Å². The molecule has 16 heavy (non-hydrogen) atoms. The summed E-state index contributed by atoms with van der Waals surface area (Å²) < 4.78 is 1.72. The number of aromatic nitrogens is 1. The Balaban J connectivity index is 2.42. The third-order valence-electron chi connectivity index (χ3n) is 2.57. The van der Waals surface area contributed by atoms with Gasteiger partial charge in [-0.15, -0.1) is 0 Å². The van der Waals surface area contributed by atoms with Gasteiger partial charge in [0, 0.05) is 36.2 Å². The molecule has 1 N–H and O–H groups in total. The van der Waals surface area contributed by atoms with Gasteiger partial charge in [0.15, 0.2) is 0 Å². The van der Waals surface area contributed by atoms with Crippen LogP contribution in [-0.4, -0.2) is 22.0 Å². The third kappa shape index (κ3) is 4.49. The summed E-state index contributed by atoms with van der Waals surface area (Å²) in [5, 5.41) is 4.43. The fraction of sp³-hybridized carbons (Fsp3) is 0.583. The molecule has 0 radical (unpaired) electrons. The van der Waals surface area contributed by atoms with Crippen molar-refractivity contribution in [2.24, 2.45) is 0 Å². The first-order chi connectivity index (χ1) is 7.55. The van der Waals surface area contributed by atoms with Crippen LogP contribution in [0.2, 0.25) is 0 Å². The second kappa shape index (κ2) is 6.21. The van der Waals surface area contributed by atoms with Crippen LogP contribution >= 0.6 is 15.9 Å². The molecule has 90 valence electrons. The van der Waals surface area contributed by atoms with Crippen LogP contribution < -0.4 is 10.9 Å². The second-order valence-electron chi connectivity index (χ2n) is 4.48. The SMILES string of the molecule is CC(C)(CCBr)NCCn1ccccc1=O. The lowest BCUT2D eigenvalue weighted by Crippen LogP contribution is -2.42. The molecule has 0 aromatic carbocycles. The number of halogens is 1. The molecule has 3 nitrogen and oxygen atoms in total. The molecule has 0 fully saturated rings. The van der Waals surface area contributed by atoms with E-state index in [1.54, 1.807) is 16.7 Å². The molecule has 1 rings (SSSR count). The van der Waals surface area contributed by atoms with E-state index in [1.807, 2.05) is 12.3 Å². The molecule has 0 saturated carbocycles. The average molecular weight is 287 g/mol. The predicted molar refractivity (Wildman–Crippen MR) is 71.2 cm³/mol. The maximum absolute atomic E-state index is 11.4. The fourth-order valence-electron chi connectivity index (χ4n) is 1.48. The van der Waals surface area contributed by atoms with Gasteiger partial charge >= 0.3 is 0 Å². The largest absolute Gasteiger partial charge is 0.314 e. The Hall–Kier alpha value is -0.610. The van der Waals surface area contributed by atoms with Gasteiger partial charge in [-0.1, -0.05) is 22.0 Å². The van der Waals surface area contributed by atoms with Crippen molar-refractivity contribution in [3.63, 3.8) is 0 Å². The first kappa shape index (κ1) is 13.5. The zero-order valence-corrected chi connectivity index (χ0v) is 11.5. The lowest BCUT2D eigenvalue weighted by molar-refractivity contribution is 0.370. The number of rotatable bonds is 6. The highest BCUT2D eigenvalue weighted by atomic mass is 79.9. The molecular weight excluding hydrogens is 268 g/mol. The van der Waals surface area contributed by atoms with E-state index in [1.165, 1.54) is 0 Å². The molecule has 0 unspecified atom stereocenters. The van der Waals surface area contributed by atoms with Gasteiger partial charge in [0.25, 0.3) is 5.56 Å². The summed E-state index contributed by atoms with van der Waals surface area (Å²) in [4.78, 5) is 11.4. The van der Waals surface area contributed by atoms with E-state index in [2.05, 4.69) is 35.1 Å². The number of nitrogens with one attached hydrogen (secondary N) is 1. The van der Waals surface area contributed by atoms with Crippen molar-refractivity contribution in [1.82, 2.24) is 9.88 Å². The molecule has 0 atom stereocenters. The molecule has 1 aromatic heterocycles. The molecule has 1 aromatic rings. The molecule has 0 aliphatic carbocycles. The highest BCUT2D eigenvalue weighted by molar-refractivity contribution is 9.09. The molecule has 1 heterocycles. The first-order valence-electron chi connectivity index (χ1n) is 5.52. The lowest BCUT2D eigenvalue weighted by atomic mass is 10.0. The summed E-state index contributed by atoms with van der Waals surface area (Å²) in [6.45, 7) is 5.86. The van der Waals surface area contributed by atoms with Crippen molar-refractivity contribution >= 4 is 15.9 Å². The van der Waals surface area contributed by atoms with Crippen molar-refractivity contribution in [2.45, 2.75) is 32.4 Å². The van der Waals surface area contributed by atoms with Gasteiger partial charge in [0.05, 0.1) is 0 Å². The zero-order chi connectivity index (χ0) is 12.0. The van der Waals surface area contributed by atoms with Crippen LogP contribution in [0.25, 0.3) is 0 Å². The maximum atomic E-state index is 11.4. The first-order valence-corrected chi connectivity index (χ1v) is 6.64. The smallest absolute Gasteiger partial charge is 0.250 e. The molecule has 0 saturated heterocycles. The minimum atomic E-state index is 0.0580. The summed E-state index contributed by atoms with van der Waals surface area (Å²) in [6, 6.07) is 5.23. The summed E-state index contributed by atoms with van der Waals surface area (Å²) in [5.41, 5.74) is 0.171. The Kier molecular flexibility index (Phi) is 5.22. The van der Waals surface area contributed by atoms with Crippen molar-refractivity contribution in [2.75, 3.05) is 11.9 Å². The van der Waals surface area contributed by atoms with Crippen LogP contribution in [0.3, 0.4) is 0 Å². The normalized spacial score (nSPS) is 11.7. The Morgan fingerprint density at radius 2 is 2.19 bits per heavy atom. The number of pyridine rings is 1. The van der Waals surface area contributed by atoms with E-state index in [0.29, 0.717) is 6.54 Å².